The molecule has 0 heterocycles. The Balaban J connectivity index is 2.13. The summed E-state index contributed by atoms with van der Waals surface area (Å²) in [5, 5.41) is 17.8. The van der Waals surface area contributed by atoms with Gasteiger partial charge < -0.3 is 4.74 Å². The second-order valence-electron chi connectivity index (χ2n) is 3.96. The Hall–Kier alpha value is -2.56. The first kappa shape index (κ1) is 13.9. The van der Waals surface area contributed by atoms with Crippen molar-refractivity contribution in [3.63, 3.8) is 0 Å². The zero-order valence-corrected chi connectivity index (χ0v) is 11.0. The van der Waals surface area contributed by atoms with Gasteiger partial charge in [-0.05, 0) is 30.3 Å². The second kappa shape index (κ2) is 6.06. The Labute approximate surface area is 120 Å². The Bertz CT molecular complexity index is 668. The summed E-state index contributed by atoms with van der Waals surface area (Å²) in [6.07, 6.45) is 0. The second-order valence-corrected chi connectivity index (χ2v) is 4.37. The minimum Gasteiger partial charge on any atom is -0.486 e. The first-order valence-corrected chi connectivity index (χ1v) is 6.03. The number of hydrogen-bond donors (Lipinski definition) is 0. The molecule has 0 aliphatic carbocycles. The summed E-state index contributed by atoms with van der Waals surface area (Å²) in [5.41, 5.74) is 1.32. The highest BCUT2D eigenvalue weighted by Gasteiger charge is 2.07. The molecule has 0 saturated heterocycles. The molecule has 0 aliphatic rings. The largest absolute Gasteiger partial charge is 0.486 e. The molecule has 2 aromatic rings. The zero-order valence-electron chi connectivity index (χ0n) is 10.2. The molecule has 2 rings (SSSR count). The minimum atomic E-state index is -0.603. The lowest BCUT2D eigenvalue weighted by Crippen LogP contribution is -1.98. The minimum absolute atomic E-state index is 0.0458. The van der Waals surface area contributed by atoms with Gasteiger partial charge >= 0.3 is 0 Å². The van der Waals surface area contributed by atoms with Crippen molar-refractivity contribution in [1.29, 1.82) is 10.5 Å². The molecule has 0 radical (unpaired) electrons. The Morgan fingerprint density at radius 3 is 2.30 bits per heavy atom. The van der Waals surface area contributed by atoms with Crippen molar-refractivity contribution < 1.29 is 9.13 Å². The van der Waals surface area contributed by atoms with E-state index in [2.05, 4.69) is 0 Å². The van der Waals surface area contributed by atoms with E-state index in [4.69, 9.17) is 26.9 Å². The van der Waals surface area contributed by atoms with Crippen LogP contribution in [0.2, 0.25) is 5.02 Å². The van der Waals surface area contributed by atoms with Crippen LogP contribution in [-0.2, 0) is 6.61 Å². The monoisotopic (exact) mass is 286 g/mol. The van der Waals surface area contributed by atoms with Gasteiger partial charge in [0.2, 0.25) is 0 Å². The topological polar surface area (TPSA) is 56.8 Å². The zero-order chi connectivity index (χ0) is 14.5. The number of nitriles is 2. The van der Waals surface area contributed by atoms with Gasteiger partial charge in [-0.3, -0.25) is 0 Å². The maximum absolute atomic E-state index is 13.6. The smallest absolute Gasteiger partial charge is 0.166 e. The van der Waals surface area contributed by atoms with Crippen molar-refractivity contribution in [2.75, 3.05) is 0 Å². The molecule has 0 spiro atoms. The summed E-state index contributed by atoms with van der Waals surface area (Å²) in [7, 11) is 0. The average molecular weight is 287 g/mol. The van der Waals surface area contributed by atoms with Crippen molar-refractivity contribution >= 4 is 11.6 Å². The fourth-order valence-corrected chi connectivity index (χ4v) is 1.81. The molecule has 0 atom stereocenters. The van der Waals surface area contributed by atoms with Crippen LogP contribution >= 0.6 is 11.6 Å². The third kappa shape index (κ3) is 3.06. The summed E-state index contributed by atoms with van der Waals surface area (Å²) in [5.74, 6) is -0.557. The number of halogens is 2. The first-order chi connectivity index (χ1) is 9.63. The van der Waals surface area contributed by atoms with E-state index in [0.717, 1.165) is 6.07 Å². The Kier molecular flexibility index (Phi) is 4.20. The van der Waals surface area contributed by atoms with Crippen LogP contribution < -0.4 is 4.74 Å². The number of benzene rings is 2. The van der Waals surface area contributed by atoms with Crippen molar-refractivity contribution in [2.45, 2.75) is 6.61 Å². The van der Waals surface area contributed by atoms with Gasteiger partial charge in [-0.1, -0.05) is 17.7 Å². The van der Waals surface area contributed by atoms with Gasteiger partial charge in [-0.2, -0.15) is 10.5 Å². The quantitative estimate of drug-likeness (QED) is 0.862. The molecule has 0 bridgehead atoms. The summed E-state index contributed by atoms with van der Waals surface area (Å²) < 4.78 is 18.9. The van der Waals surface area contributed by atoms with Crippen molar-refractivity contribution in [1.82, 2.24) is 0 Å². The van der Waals surface area contributed by atoms with Gasteiger partial charge in [0.25, 0.3) is 0 Å². The predicted octanol–water partition coefficient (Wildman–Crippen LogP) is 3.80. The molecule has 0 saturated carbocycles. The highest BCUT2D eigenvalue weighted by molar-refractivity contribution is 6.31. The molecule has 5 heteroatoms. The third-order valence-electron chi connectivity index (χ3n) is 2.63. The molecular weight excluding hydrogens is 279 g/mol. The number of rotatable bonds is 3. The summed E-state index contributed by atoms with van der Waals surface area (Å²) >= 11 is 5.99. The summed E-state index contributed by atoms with van der Waals surface area (Å²) in [6.45, 7) is 0.0767. The van der Waals surface area contributed by atoms with E-state index in [1.165, 1.54) is 18.2 Å². The predicted molar refractivity (Wildman–Crippen MR) is 71.6 cm³/mol. The van der Waals surface area contributed by atoms with Crippen molar-refractivity contribution in [2.24, 2.45) is 0 Å². The first-order valence-electron chi connectivity index (χ1n) is 5.65. The van der Waals surface area contributed by atoms with Crippen LogP contribution in [0, 0.1) is 28.5 Å². The molecule has 0 unspecified atom stereocenters. The molecule has 98 valence electrons. The van der Waals surface area contributed by atoms with Crippen molar-refractivity contribution in [3.8, 4) is 17.9 Å². The Morgan fingerprint density at radius 2 is 1.70 bits per heavy atom. The van der Waals surface area contributed by atoms with Crippen LogP contribution in [0.25, 0.3) is 0 Å². The van der Waals surface area contributed by atoms with Gasteiger partial charge in [0, 0.05) is 10.6 Å². The highest BCUT2D eigenvalue weighted by Crippen LogP contribution is 2.22. The Morgan fingerprint density at radius 1 is 1.05 bits per heavy atom. The lowest BCUT2D eigenvalue weighted by atomic mass is 10.1. The SMILES string of the molecule is N#Cc1ccc(OCc2ccc(C#N)cc2Cl)c(F)c1. The lowest BCUT2D eigenvalue weighted by Gasteiger charge is -2.09. The third-order valence-corrected chi connectivity index (χ3v) is 2.98. The molecular formula is C15H8ClFN2O. The van der Waals surface area contributed by atoms with Crippen LogP contribution in [0.5, 0.6) is 5.75 Å². The molecule has 0 amide bonds. The highest BCUT2D eigenvalue weighted by atomic mass is 35.5. The van der Waals surface area contributed by atoms with Crippen LogP contribution in [0.4, 0.5) is 4.39 Å². The van der Waals surface area contributed by atoms with E-state index in [9.17, 15) is 4.39 Å². The fraction of sp³-hybridized carbons (Fsp3) is 0.0667. The van der Waals surface area contributed by atoms with Crippen LogP contribution in [0.15, 0.2) is 36.4 Å². The van der Waals surface area contributed by atoms with Gasteiger partial charge in [-0.25, -0.2) is 4.39 Å². The fourth-order valence-electron chi connectivity index (χ4n) is 1.58. The number of ether oxygens (including phenoxy) is 1. The van der Waals surface area contributed by atoms with E-state index < -0.39 is 5.82 Å². The van der Waals surface area contributed by atoms with Crippen LogP contribution in [0.1, 0.15) is 16.7 Å². The number of hydrogen-bond acceptors (Lipinski definition) is 3. The molecule has 0 fully saturated rings. The maximum Gasteiger partial charge on any atom is 0.166 e. The van der Waals surface area contributed by atoms with E-state index in [-0.39, 0.29) is 17.9 Å². The van der Waals surface area contributed by atoms with E-state index >= 15 is 0 Å². The summed E-state index contributed by atoms with van der Waals surface area (Å²) in [4.78, 5) is 0. The van der Waals surface area contributed by atoms with E-state index in [1.54, 1.807) is 12.1 Å². The molecule has 0 aliphatic heterocycles. The standard InChI is InChI=1S/C15H8ClFN2O/c16-13-5-10(7-18)1-3-12(13)9-20-15-4-2-11(8-19)6-14(15)17/h1-6H,9H2. The summed E-state index contributed by atoms with van der Waals surface area (Å²) in [6, 6.07) is 12.6. The average Bonchev–Trinajstić information content (AvgIpc) is 2.46. The van der Waals surface area contributed by atoms with E-state index in [0.29, 0.717) is 16.1 Å². The maximum atomic E-state index is 13.6. The van der Waals surface area contributed by atoms with Gasteiger partial charge in [-0.15, -0.1) is 0 Å². The molecule has 3 nitrogen and oxygen atoms in total. The molecule has 20 heavy (non-hydrogen) atoms. The van der Waals surface area contributed by atoms with Crippen LogP contribution in [-0.4, -0.2) is 0 Å². The van der Waals surface area contributed by atoms with Crippen molar-refractivity contribution in [3.05, 3.63) is 63.9 Å². The molecule has 2 aromatic carbocycles. The van der Waals surface area contributed by atoms with Crippen LogP contribution in [0.3, 0.4) is 0 Å². The lowest BCUT2D eigenvalue weighted by molar-refractivity contribution is 0.290. The molecule has 0 aromatic heterocycles. The van der Waals surface area contributed by atoms with E-state index in [1.807, 2.05) is 12.1 Å². The number of nitrogens with zero attached hydrogens (tertiary/aromatic N) is 2. The van der Waals surface area contributed by atoms with Gasteiger partial charge in [0.05, 0.1) is 23.3 Å². The van der Waals surface area contributed by atoms with Gasteiger partial charge in [0.15, 0.2) is 11.6 Å². The molecule has 0 N–H and O–H groups in total. The normalized spacial score (nSPS) is 9.60. The van der Waals surface area contributed by atoms with Gasteiger partial charge in [0.1, 0.15) is 6.61 Å².